The molecule has 98 valence electrons. The number of methoxy groups -OCH3 is 1. The number of nitrogens with two attached hydrogens (primary N) is 1. The molecule has 2 N–H and O–H groups in total. The van der Waals surface area contributed by atoms with Crippen molar-refractivity contribution in [3.05, 3.63) is 29.8 Å². The van der Waals surface area contributed by atoms with E-state index in [1.54, 1.807) is 7.11 Å². The summed E-state index contributed by atoms with van der Waals surface area (Å²) >= 11 is 0. The molecule has 1 amide bonds. The first-order chi connectivity index (χ1) is 8.72. The van der Waals surface area contributed by atoms with Gasteiger partial charge in [-0.3, -0.25) is 4.79 Å². The molecule has 1 aromatic carbocycles. The van der Waals surface area contributed by atoms with Crippen molar-refractivity contribution in [1.29, 1.82) is 0 Å². The first kappa shape index (κ1) is 12.9. The van der Waals surface area contributed by atoms with E-state index >= 15 is 0 Å². The monoisotopic (exact) mass is 248 g/mol. The van der Waals surface area contributed by atoms with E-state index in [0.717, 1.165) is 24.1 Å². The fourth-order valence-electron chi connectivity index (χ4n) is 2.00. The van der Waals surface area contributed by atoms with Crippen molar-refractivity contribution in [2.75, 3.05) is 19.5 Å². The molecule has 4 nitrogen and oxygen atoms in total. The van der Waals surface area contributed by atoms with Crippen LogP contribution < -0.4 is 5.73 Å². The minimum atomic E-state index is 0.155. The Bertz CT molecular complexity index is 416. The summed E-state index contributed by atoms with van der Waals surface area (Å²) in [6.07, 6.45) is 2.65. The fraction of sp³-hybridized carbons (Fsp3) is 0.500. The lowest BCUT2D eigenvalue weighted by Gasteiger charge is -2.23. The van der Waals surface area contributed by atoms with Gasteiger partial charge in [-0.15, -0.1) is 0 Å². The minimum Gasteiger partial charge on any atom is -0.398 e. The maximum Gasteiger partial charge on any atom is 0.225 e. The second-order valence-corrected chi connectivity index (χ2v) is 4.69. The van der Waals surface area contributed by atoms with Crippen LogP contribution in [0.2, 0.25) is 0 Å². The largest absolute Gasteiger partial charge is 0.398 e. The Labute approximate surface area is 108 Å². The van der Waals surface area contributed by atoms with Gasteiger partial charge in [0.2, 0.25) is 5.91 Å². The van der Waals surface area contributed by atoms with Crippen LogP contribution in [0.15, 0.2) is 24.3 Å². The van der Waals surface area contributed by atoms with Crippen LogP contribution in [0.1, 0.15) is 24.8 Å². The summed E-state index contributed by atoms with van der Waals surface area (Å²) in [5.41, 5.74) is 7.70. The van der Waals surface area contributed by atoms with Crippen LogP contribution >= 0.6 is 0 Å². The molecule has 18 heavy (non-hydrogen) atoms. The Morgan fingerprint density at radius 2 is 2.17 bits per heavy atom. The Hall–Kier alpha value is -1.55. The van der Waals surface area contributed by atoms with E-state index < -0.39 is 0 Å². The second-order valence-electron chi connectivity index (χ2n) is 4.69. The van der Waals surface area contributed by atoms with Gasteiger partial charge in [-0.25, -0.2) is 0 Å². The molecule has 1 aliphatic rings. The number of rotatable bonds is 6. The molecule has 1 fully saturated rings. The van der Waals surface area contributed by atoms with Gasteiger partial charge in [0.1, 0.15) is 0 Å². The molecule has 2 rings (SSSR count). The van der Waals surface area contributed by atoms with Crippen molar-refractivity contribution < 1.29 is 9.53 Å². The highest BCUT2D eigenvalue weighted by Crippen LogP contribution is 2.29. The number of hydrogen-bond donors (Lipinski definition) is 1. The Morgan fingerprint density at radius 1 is 1.44 bits per heavy atom. The van der Waals surface area contributed by atoms with E-state index in [9.17, 15) is 4.79 Å². The molecule has 0 aromatic heterocycles. The second kappa shape index (κ2) is 5.87. The average Bonchev–Trinajstić information content (AvgIpc) is 3.19. The smallest absolute Gasteiger partial charge is 0.225 e. The molecule has 0 bridgehead atoms. The average molecular weight is 248 g/mol. The molecule has 0 radical (unpaired) electrons. The zero-order valence-electron chi connectivity index (χ0n) is 10.8. The third-order valence-corrected chi connectivity index (χ3v) is 3.22. The molecule has 1 aromatic rings. The number of carbonyl (C=O) groups excluding carboxylic acids is 1. The van der Waals surface area contributed by atoms with E-state index in [0.29, 0.717) is 25.6 Å². The summed E-state index contributed by atoms with van der Waals surface area (Å²) in [6, 6.07) is 8.12. The predicted molar refractivity (Wildman–Crippen MR) is 70.9 cm³/mol. The molecular formula is C14H20N2O2. The highest BCUT2D eigenvalue weighted by molar-refractivity contribution is 5.77. The number of ether oxygens (including phenoxy) is 1. The van der Waals surface area contributed by atoms with Crippen LogP contribution in [-0.2, 0) is 16.1 Å². The van der Waals surface area contributed by atoms with Gasteiger partial charge in [0.15, 0.2) is 0 Å². The summed E-state index contributed by atoms with van der Waals surface area (Å²) in [6.45, 7) is 1.09. The molecule has 0 saturated heterocycles. The van der Waals surface area contributed by atoms with Crippen molar-refractivity contribution in [2.24, 2.45) is 0 Å². The van der Waals surface area contributed by atoms with Gasteiger partial charge in [0, 0.05) is 25.4 Å². The number of benzene rings is 1. The van der Waals surface area contributed by atoms with Crippen molar-refractivity contribution >= 4 is 11.6 Å². The van der Waals surface area contributed by atoms with Crippen LogP contribution in [0.3, 0.4) is 0 Å². The van der Waals surface area contributed by atoms with E-state index in [1.165, 1.54) is 0 Å². The summed E-state index contributed by atoms with van der Waals surface area (Å²) in [5.74, 6) is 0.155. The third-order valence-electron chi connectivity index (χ3n) is 3.22. The van der Waals surface area contributed by atoms with Crippen LogP contribution in [0.5, 0.6) is 0 Å². The lowest BCUT2D eigenvalue weighted by Crippen LogP contribution is -2.33. The Balaban J connectivity index is 2.02. The number of anilines is 1. The van der Waals surface area contributed by atoms with Gasteiger partial charge in [-0.1, -0.05) is 18.2 Å². The maximum absolute atomic E-state index is 12.1. The van der Waals surface area contributed by atoms with Crippen molar-refractivity contribution in [3.8, 4) is 0 Å². The number of hydrogen-bond acceptors (Lipinski definition) is 3. The first-order valence-corrected chi connectivity index (χ1v) is 6.34. The van der Waals surface area contributed by atoms with Crippen LogP contribution in [0, 0.1) is 0 Å². The van der Waals surface area contributed by atoms with Gasteiger partial charge in [0.05, 0.1) is 13.0 Å². The summed E-state index contributed by atoms with van der Waals surface area (Å²) in [4.78, 5) is 14.0. The summed E-state index contributed by atoms with van der Waals surface area (Å²) in [5, 5.41) is 0. The van der Waals surface area contributed by atoms with Gasteiger partial charge in [-0.05, 0) is 24.5 Å². The molecule has 4 heteroatoms. The lowest BCUT2D eigenvalue weighted by atomic mass is 10.1. The highest BCUT2D eigenvalue weighted by atomic mass is 16.5. The third kappa shape index (κ3) is 3.23. The summed E-state index contributed by atoms with van der Waals surface area (Å²) in [7, 11) is 1.62. The molecule has 0 unspecified atom stereocenters. The molecule has 0 heterocycles. The van der Waals surface area contributed by atoms with E-state index in [-0.39, 0.29) is 5.91 Å². The number of amides is 1. The lowest BCUT2D eigenvalue weighted by molar-refractivity contribution is -0.133. The number of nitrogen functional groups attached to an aromatic ring is 1. The topological polar surface area (TPSA) is 55.6 Å². The Kier molecular flexibility index (Phi) is 4.20. The van der Waals surface area contributed by atoms with E-state index in [4.69, 9.17) is 10.5 Å². The van der Waals surface area contributed by atoms with Gasteiger partial charge in [0.25, 0.3) is 0 Å². The van der Waals surface area contributed by atoms with Crippen molar-refractivity contribution in [1.82, 2.24) is 4.90 Å². The van der Waals surface area contributed by atoms with E-state index in [2.05, 4.69) is 0 Å². The van der Waals surface area contributed by atoms with Crippen LogP contribution in [0.25, 0.3) is 0 Å². The number of nitrogens with zero attached hydrogens (tertiary/aromatic N) is 1. The predicted octanol–water partition coefficient (Wildman–Crippen LogP) is 1.80. The van der Waals surface area contributed by atoms with Crippen molar-refractivity contribution in [3.63, 3.8) is 0 Å². The molecule has 1 saturated carbocycles. The zero-order chi connectivity index (χ0) is 13.0. The molecular weight excluding hydrogens is 228 g/mol. The van der Waals surface area contributed by atoms with Gasteiger partial charge >= 0.3 is 0 Å². The standard InChI is InChI=1S/C14H20N2O2/c1-18-9-8-14(17)16(12-6-7-12)10-11-4-2-3-5-13(11)15/h2-5,12H,6-10,15H2,1H3. The molecule has 1 aliphatic carbocycles. The first-order valence-electron chi connectivity index (χ1n) is 6.34. The molecule has 0 spiro atoms. The van der Waals surface area contributed by atoms with E-state index in [1.807, 2.05) is 29.2 Å². The zero-order valence-corrected chi connectivity index (χ0v) is 10.8. The highest BCUT2D eigenvalue weighted by Gasteiger charge is 2.32. The van der Waals surface area contributed by atoms with Crippen LogP contribution in [0.4, 0.5) is 5.69 Å². The normalized spacial score (nSPS) is 14.5. The Morgan fingerprint density at radius 3 is 2.78 bits per heavy atom. The fourth-order valence-corrected chi connectivity index (χ4v) is 2.00. The SMILES string of the molecule is COCCC(=O)N(Cc1ccccc1N)C1CC1. The van der Waals surface area contributed by atoms with Crippen molar-refractivity contribution in [2.45, 2.75) is 31.8 Å². The summed E-state index contributed by atoms with van der Waals surface area (Å²) < 4.78 is 4.96. The van der Waals surface area contributed by atoms with Crippen LogP contribution in [-0.4, -0.2) is 30.6 Å². The minimum absolute atomic E-state index is 0.155. The van der Waals surface area contributed by atoms with Gasteiger partial charge < -0.3 is 15.4 Å². The number of carbonyl (C=O) groups is 1. The number of para-hydroxylation sites is 1. The molecule has 0 aliphatic heterocycles. The quantitative estimate of drug-likeness (QED) is 0.781. The van der Waals surface area contributed by atoms with Gasteiger partial charge in [-0.2, -0.15) is 0 Å². The maximum atomic E-state index is 12.1. The molecule has 0 atom stereocenters.